The van der Waals surface area contributed by atoms with Crippen molar-refractivity contribution in [2.45, 2.75) is 59.3 Å². The third-order valence-electron chi connectivity index (χ3n) is 4.73. The molecule has 2 aromatic carbocycles. The predicted octanol–water partition coefficient (Wildman–Crippen LogP) is 7.24. The van der Waals surface area contributed by atoms with Gasteiger partial charge in [0.15, 0.2) is 0 Å². The Morgan fingerprint density at radius 2 is 1.85 bits per heavy atom. The number of benzene rings is 2. The molecule has 0 saturated heterocycles. The molecule has 0 heterocycles. The number of unbranched alkanes of at least 4 members (excludes halogenated alkanes) is 3. The molecule has 0 saturated carbocycles. The Hall–Kier alpha value is -2.08. The van der Waals surface area contributed by atoms with Gasteiger partial charge in [-0.3, -0.25) is 9.32 Å². The lowest BCUT2D eigenvalue weighted by Crippen LogP contribution is -2.17. The van der Waals surface area contributed by atoms with E-state index in [1.54, 1.807) is 25.1 Å². The largest absolute Gasteiger partial charge is 0.440 e. The maximum absolute atomic E-state index is 12.9. The molecule has 1 atom stereocenters. The van der Waals surface area contributed by atoms with E-state index in [1.807, 2.05) is 37.3 Å². The number of nitrogens with one attached hydrogen (secondary N) is 1. The highest BCUT2D eigenvalue weighted by atomic mass is 32.7. The smallest absolute Gasteiger partial charge is 0.417 e. The van der Waals surface area contributed by atoms with Crippen LogP contribution < -0.4 is 9.95 Å². The summed E-state index contributed by atoms with van der Waals surface area (Å²) in [4.78, 5) is 12.4. The molecule has 0 aromatic heterocycles. The van der Waals surface area contributed by atoms with E-state index in [-0.39, 0.29) is 5.91 Å². The second-order valence-electron chi connectivity index (χ2n) is 7.57. The predicted molar refractivity (Wildman–Crippen MR) is 138 cm³/mol. The Morgan fingerprint density at radius 1 is 1.06 bits per heavy atom. The molecule has 1 unspecified atom stereocenters. The monoisotopic (exact) mass is 490 g/mol. The number of hydrogen-bond donors (Lipinski definition) is 1. The maximum Gasteiger partial charge on any atom is 0.440 e. The number of hydrogen-bond acceptors (Lipinski definition) is 6. The number of aryl methyl sites for hydroxylation is 1. The third kappa shape index (κ3) is 10.2. The summed E-state index contributed by atoms with van der Waals surface area (Å²) in [6, 6.07) is 14.7. The van der Waals surface area contributed by atoms with E-state index in [1.165, 1.54) is 48.8 Å². The fourth-order valence-corrected chi connectivity index (χ4v) is 6.49. The van der Waals surface area contributed by atoms with Gasteiger partial charge in [0.25, 0.3) is 5.91 Å². The lowest BCUT2D eigenvalue weighted by molar-refractivity contribution is 0.0955. The van der Waals surface area contributed by atoms with Gasteiger partial charge in [0.05, 0.1) is 12.8 Å². The molecule has 0 bridgehead atoms. The first-order valence-corrected chi connectivity index (χ1v) is 14.7. The highest BCUT2D eigenvalue weighted by Gasteiger charge is 2.26. The lowest BCUT2D eigenvalue weighted by atomic mass is 10.0. The minimum absolute atomic E-state index is 0.270. The minimum Gasteiger partial charge on any atom is -0.417 e. The molecular weight excluding hydrogens is 455 g/mol. The number of rotatable bonds is 15. The molecule has 8 heteroatoms. The molecule has 0 spiro atoms. The molecule has 6 nitrogen and oxygen atoms in total. The standard InChI is InChI=1S/C25H35N2O4PS/c1-4-7-8-9-11-21-14-16-23(17-15-21)25(28)27-26-20-22-12-10-13-24(19-22)31-32(29,30-6-3)33-18-5-2/h10,12-17,19-20H,4-9,11,18H2,1-3H3,(H,27,28). The van der Waals surface area contributed by atoms with Gasteiger partial charge in [0.2, 0.25) is 0 Å². The molecule has 1 amide bonds. The van der Waals surface area contributed by atoms with E-state index in [4.69, 9.17) is 9.05 Å². The molecule has 180 valence electrons. The molecule has 0 aliphatic rings. The average Bonchev–Trinajstić information content (AvgIpc) is 2.81. The van der Waals surface area contributed by atoms with Crippen LogP contribution in [0.4, 0.5) is 0 Å². The van der Waals surface area contributed by atoms with Gasteiger partial charge in [-0.25, -0.2) is 9.99 Å². The van der Waals surface area contributed by atoms with Crippen LogP contribution in [0.25, 0.3) is 0 Å². The SMILES string of the molecule is CCCCCCc1ccc(C(=O)NN=Cc2cccc(OP(=O)(OCC)SCCC)c2)cc1. The second kappa shape index (κ2) is 14.9. The summed E-state index contributed by atoms with van der Waals surface area (Å²) >= 11 is 1.20. The number of carbonyl (C=O) groups excluding carboxylic acids is 1. The molecule has 0 aliphatic carbocycles. The normalized spacial score (nSPS) is 13.1. The summed E-state index contributed by atoms with van der Waals surface area (Å²) < 4.78 is 23.9. The van der Waals surface area contributed by atoms with Crippen molar-refractivity contribution in [3.63, 3.8) is 0 Å². The van der Waals surface area contributed by atoms with Crippen LogP contribution in [0.1, 0.15) is 74.4 Å². The van der Waals surface area contributed by atoms with Crippen LogP contribution >= 0.6 is 18.2 Å². The molecule has 2 aromatic rings. The van der Waals surface area contributed by atoms with Gasteiger partial charge in [-0.05, 0) is 73.0 Å². The zero-order valence-corrected chi connectivity index (χ0v) is 21.5. The first kappa shape index (κ1) is 27.2. The van der Waals surface area contributed by atoms with E-state index in [0.717, 1.165) is 12.8 Å². The topological polar surface area (TPSA) is 77.0 Å². The van der Waals surface area contributed by atoms with Crippen LogP contribution in [-0.2, 0) is 15.5 Å². The molecule has 1 N–H and O–H groups in total. The quantitative estimate of drug-likeness (QED) is 0.123. The maximum atomic E-state index is 12.9. The zero-order valence-electron chi connectivity index (χ0n) is 19.8. The van der Waals surface area contributed by atoms with Crippen LogP contribution in [0.3, 0.4) is 0 Å². The summed E-state index contributed by atoms with van der Waals surface area (Å²) in [6.07, 6.45) is 8.33. The number of nitrogens with zero attached hydrogens (tertiary/aromatic N) is 1. The fourth-order valence-electron chi connectivity index (χ4n) is 3.04. The van der Waals surface area contributed by atoms with Crippen molar-refractivity contribution in [3.8, 4) is 5.75 Å². The fraction of sp³-hybridized carbons (Fsp3) is 0.440. The Balaban J connectivity index is 1.91. The summed E-state index contributed by atoms with van der Waals surface area (Å²) in [5.41, 5.74) is 5.06. The highest BCUT2D eigenvalue weighted by Crippen LogP contribution is 2.60. The Labute approximate surface area is 201 Å². The van der Waals surface area contributed by atoms with Gasteiger partial charge in [-0.2, -0.15) is 5.10 Å². The Morgan fingerprint density at radius 3 is 2.55 bits per heavy atom. The van der Waals surface area contributed by atoms with Gasteiger partial charge in [0.1, 0.15) is 5.75 Å². The first-order chi connectivity index (χ1) is 16.0. The molecule has 2 rings (SSSR count). The lowest BCUT2D eigenvalue weighted by Gasteiger charge is -2.17. The summed E-state index contributed by atoms with van der Waals surface area (Å²) in [7, 11) is 0. The van der Waals surface area contributed by atoms with E-state index in [0.29, 0.717) is 29.2 Å². The van der Waals surface area contributed by atoms with Crippen LogP contribution in [0.5, 0.6) is 5.75 Å². The van der Waals surface area contributed by atoms with Crippen molar-refractivity contribution < 1.29 is 18.4 Å². The van der Waals surface area contributed by atoms with E-state index < -0.39 is 6.80 Å². The second-order valence-corrected chi connectivity index (χ2v) is 11.7. The number of carbonyl (C=O) groups is 1. The van der Waals surface area contributed by atoms with Crippen molar-refractivity contribution in [2.75, 3.05) is 12.4 Å². The van der Waals surface area contributed by atoms with Crippen molar-refractivity contribution in [2.24, 2.45) is 5.10 Å². The highest BCUT2D eigenvalue weighted by molar-refractivity contribution is 8.55. The first-order valence-electron chi connectivity index (χ1n) is 11.6. The average molecular weight is 491 g/mol. The van der Waals surface area contributed by atoms with Crippen LogP contribution in [0.2, 0.25) is 0 Å². The number of amides is 1. The summed E-state index contributed by atoms with van der Waals surface area (Å²) in [5.74, 6) is 0.845. The van der Waals surface area contributed by atoms with Gasteiger partial charge in [0, 0.05) is 11.3 Å². The molecular formula is C25H35N2O4PS. The van der Waals surface area contributed by atoms with Crippen molar-refractivity contribution in [1.82, 2.24) is 5.43 Å². The van der Waals surface area contributed by atoms with Gasteiger partial charge in [-0.15, -0.1) is 0 Å². The third-order valence-corrected chi connectivity index (χ3v) is 8.68. The van der Waals surface area contributed by atoms with E-state index >= 15 is 0 Å². The number of hydrazone groups is 1. The Kier molecular flexibility index (Phi) is 12.3. The Bertz CT molecular complexity index is 934. The van der Waals surface area contributed by atoms with E-state index in [9.17, 15) is 9.36 Å². The molecule has 33 heavy (non-hydrogen) atoms. The van der Waals surface area contributed by atoms with Crippen molar-refractivity contribution in [3.05, 3.63) is 65.2 Å². The van der Waals surface area contributed by atoms with Crippen molar-refractivity contribution >= 4 is 30.3 Å². The summed E-state index contributed by atoms with van der Waals surface area (Å²) in [6.45, 7) is 3.04. The van der Waals surface area contributed by atoms with Crippen LogP contribution in [0, 0.1) is 0 Å². The minimum atomic E-state index is -3.27. The van der Waals surface area contributed by atoms with Crippen molar-refractivity contribution in [1.29, 1.82) is 0 Å². The summed E-state index contributed by atoms with van der Waals surface area (Å²) in [5, 5.41) is 4.05. The molecule has 0 fully saturated rings. The van der Waals surface area contributed by atoms with Gasteiger partial charge < -0.3 is 4.52 Å². The van der Waals surface area contributed by atoms with Gasteiger partial charge >= 0.3 is 6.80 Å². The van der Waals surface area contributed by atoms with Gasteiger partial charge in [-0.1, -0.05) is 57.4 Å². The molecule has 0 aliphatic heterocycles. The van der Waals surface area contributed by atoms with Crippen LogP contribution in [0.15, 0.2) is 53.6 Å². The van der Waals surface area contributed by atoms with Crippen LogP contribution in [-0.4, -0.2) is 24.5 Å². The zero-order chi connectivity index (χ0) is 23.9. The molecule has 0 radical (unpaired) electrons. The van der Waals surface area contributed by atoms with E-state index in [2.05, 4.69) is 17.5 Å².